The number of imide groups is 3. The predicted molar refractivity (Wildman–Crippen MR) is 104 cm³/mol. The van der Waals surface area contributed by atoms with Crippen LogP contribution in [-0.4, -0.2) is 22.6 Å². The molecule has 2 aromatic carbocycles. The Morgan fingerprint density at radius 3 is 1.93 bits per heavy atom. The molecule has 1 heterocycles. The van der Waals surface area contributed by atoms with Gasteiger partial charge in [0.15, 0.2) is 0 Å². The van der Waals surface area contributed by atoms with Crippen molar-refractivity contribution in [3.05, 3.63) is 82.4 Å². The first-order valence-corrected chi connectivity index (χ1v) is 9.33. The van der Waals surface area contributed by atoms with E-state index in [-0.39, 0.29) is 0 Å². The van der Waals surface area contributed by atoms with E-state index >= 15 is 0 Å². The summed E-state index contributed by atoms with van der Waals surface area (Å²) >= 11 is 0. The molecule has 0 atom stereocenters. The van der Waals surface area contributed by atoms with Gasteiger partial charge in [0.25, 0.3) is 17.7 Å². The molecular weight excluding hydrogens is 338 g/mol. The van der Waals surface area contributed by atoms with Gasteiger partial charge in [0.1, 0.15) is 0 Å². The van der Waals surface area contributed by atoms with Crippen LogP contribution in [0.4, 0.5) is 0 Å². The van der Waals surface area contributed by atoms with Crippen LogP contribution >= 0.6 is 0 Å². The lowest BCUT2D eigenvalue weighted by Crippen LogP contribution is -2.36. The topological polar surface area (TPSA) is 54.5 Å². The Morgan fingerprint density at radius 2 is 1.33 bits per heavy atom. The molecule has 1 aliphatic heterocycles. The minimum absolute atomic E-state index is 0.435. The summed E-state index contributed by atoms with van der Waals surface area (Å²) in [6.45, 7) is 4.13. The van der Waals surface area contributed by atoms with Crippen molar-refractivity contribution in [2.45, 2.75) is 39.5 Å². The molecule has 3 amide bonds. The highest BCUT2D eigenvalue weighted by molar-refractivity contribution is 6.26. The molecule has 0 spiro atoms. The fourth-order valence-electron chi connectivity index (χ4n) is 3.20. The maximum atomic E-state index is 12.9. The summed E-state index contributed by atoms with van der Waals surface area (Å²) in [5, 5.41) is 0. The Kier molecular flexibility index (Phi) is 5.65. The predicted octanol–water partition coefficient (Wildman–Crippen LogP) is 3.66. The zero-order chi connectivity index (χ0) is 19.4. The third kappa shape index (κ3) is 4.05. The van der Waals surface area contributed by atoms with Crippen molar-refractivity contribution >= 4 is 17.7 Å². The van der Waals surface area contributed by atoms with Gasteiger partial charge >= 0.3 is 0 Å². The van der Waals surface area contributed by atoms with E-state index in [2.05, 4.69) is 31.2 Å². The zero-order valence-corrected chi connectivity index (χ0v) is 15.7. The van der Waals surface area contributed by atoms with E-state index in [0.717, 1.165) is 42.5 Å². The van der Waals surface area contributed by atoms with E-state index in [1.54, 1.807) is 6.07 Å². The lowest BCUT2D eigenvalue weighted by atomic mass is 9.96. The molecule has 0 bridgehead atoms. The SMILES string of the molecule is CCc1ccc(CCc2ccc(CC)cc2C(=O)N2C(=O)C=CC2=O)cc1. The first kappa shape index (κ1) is 18.8. The van der Waals surface area contributed by atoms with E-state index in [4.69, 9.17) is 0 Å². The van der Waals surface area contributed by atoms with E-state index in [9.17, 15) is 14.4 Å². The van der Waals surface area contributed by atoms with Crippen LogP contribution in [-0.2, 0) is 35.3 Å². The van der Waals surface area contributed by atoms with Gasteiger partial charge in [0, 0.05) is 17.7 Å². The van der Waals surface area contributed by atoms with Gasteiger partial charge in [0.05, 0.1) is 0 Å². The number of amides is 3. The summed E-state index contributed by atoms with van der Waals surface area (Å²) in [6.07, 6.45) is 5.51. The van der Waals surface area contributed by atoms with E-state index in [1.807, 2.05) is 19.1 Å². The highest BCUT2D eigenvalue weighted by Crippen LogP contribution is 2.20. The number of benzene rings is 2. The van der Waals surface area contributed by atoms with Crippen LogP contribution in [0.2, 0.25) is 0 Å². The largest absolute Gasteiger partial charge is 0.269 e. The van der Waals surface area contributed by atoms with Crippen LogP contribution in [0, 0.1) is 0 Å². The third-order valence-corrected chi connectivity index (χ3v) is 4.94. The van der Waals surface area contributed by atoms with Crippen LogP contribution in [0.1, 0.15) is 46.5 Å². The average Bonchev–Trinajstić information content (AvgIpc) is 3.04. The molecular formula is C23H23NO3. The van der Waals surface area contributed by atoms with Crippen LogP contribution < -0.4 is 0 Å². The van der Waals surface area contributed by atoms with Gasteiger partial charge in [-0.1, -0.05) is 50.2 Å². The highest BCUT2D eigenvalue weighted by atomic mass is 16.2. The van der Waals surface area contributed by atoms with Gasteiger partial charge in [-0.15, -0.1) is 0 Å². The standard InChI is InChI=1S/C23H23NO3/c1-3-16-5-7-18(8-6-16)10-12-19-11-9-17(4-2)15-20(19)23(27)24-21(25)13-14-22(24)26/h5-9,11,13-15H,3-4,10,12H2,1-2H3. The number of hydrogen-bond donors (Lipinski definition) is 0. The van der Waals surface area contributed by atoms with Crippen molar-refractivity contribution in [1.29, 1.82) is 0 Å². The van der Waals surface area contributed by atoms with E-state index in [1.165, 1.54) is 11.1 Å². The monoisotopic (exact) mass is 361 g/mol. The second kappa shape index (κ2) is 8.12. The van der Waals surface area contributed by atoms with Crippen molar-refractivity contribution in [2.75, 3.05) is 0 Å². The van der Waals surface area contributed by atoms with E-state index < -0.39 is 17.7 Å². The molecule has 1 aliphatic rings. The minimum Gasteiger partial charge on any atom is -0.269 e. The van der Waals surface area contributed by atoms with Crippen LogP contribution in [0.3, 0.4) is 0 Å². The molecule has 0 aliphatic carbocycles. The smallest absolute Gasteiger partial charge is 0.268 e. The number of carbonyl (C=O) groups is 3. The van der Waals surface area contributed by atoms with Gasteiger partial charge in [-0.2, -0.15) is 0 Å². The van der Waals surface area contributed by atoms with Gasteiger partial charge in [-0.25, -0.2) is 4.90 Å². The van der Waals surface area contributed by atoms with Gasteiger partial charge in [-0.05, 0) is 54.0 Å². The van der Waals surface area contributed by atoms with Crippen molar-refractivity contribution in [3.63, 3.8) is 0 Å². The van der Waals surface area contributed by atoms with Crippen LogP contribution in [0.25, 0.3) is 0 Å². The summed E-state index contributed by atoms with van der Waals surface area (Å²) in [5.74, 6) is -1.69. The van der Waals surface area contributed by atoms with Crippen molar-refractivity contribution < 1.29 is 14.4 Å². The number of aryl methyl sites for hydroxylation is 4. The maximum Gasteiger partial charge on any atom is 0.268 e. The van der Waals surface area contributed by atoms with Gasteiger partial charge in [0.2, 0.25) is 0 Å². The highest BCUT2D eigenvalue weighted by Gasteiger charge is 2.32. The Hall–Kier alpha value is -3.01. The Bertz CT molecular complexity index is 892. The zero-order valence-electron chi connectivity index (χ0n) is 15.7. The fraction of sp³-hybridized carbons (Fsp3) is 0.261. The first-order valence-electron chi connectivity index (χ1n) is 9.33. The number of nitrogens with zero attached hydrogens (tertiary/aromatic N) is 1. The average molecular weight is 361 g/mol. The summed E-state index contributed by atoms with van der Waals surface area (Å²) < 4.78 is 0. The summed E-state index contributed by atoms with van der Waals surface area (Å²) in [7, 11) is 0. The van der Waals surface area contributed by atoms with Crippen LogP contribution in [0.5, 0.6) is 0 Å². The summed E-state index contributed by atoms with van der Waals surface area (Å²) in [6, 6.07) is 14.2. The summed E-state index contributed by atoms with van der Waals surface area (Å²) in [5.41, 5.74) is 4.77. The summed E-state index contributed by atoms with van der Waals surface area (Å²) in [4.78, 5) is 37.4. The Labute approximate surface area is 159 Å². The normalized spacial score (nSPS) is 13.5. The molecule has 2 aromatic rings. The molecule has 138 valence electrons. The van der Waals surface area contributed by atoms with Gasteiger partial charge in [-0.3, -0.25) is 14.4 Å². The molecule has 27 heavy (non-hydrogen) atoms. The molecule has 0 radical (unpaired) electrons. The molecule has 0 unspecified atom stereocenters. The molecule has 4 heteroatoms. The Balaban J connectivity index is 1.85. The Morgan fingerprint density at radius 1 is 0.778 bits per heavy atom. The lowest BCUT2D eigenvalue weighted by Gasteiger charge is -2.16. The molecule has 0 N–H and O–H groups in total. The van der Waals surface area contributed by atoms with Crippen LogP contribution in [0.15, 0.2) is 54.6 Å². The fourth-order valence-corrected chi connectivity index (χ4v) is 3.20. The number of carbonyl (C=O) groups excluding carboxylic acids is 3. The minimum atomic E-state index is -0.576. The molecule has 4 nitrogen and oxygen atoms in total. The van der Waals surface area contributed by atoms with Crippen molar-refractivity contribution in [2.24, 2.45) is 0 Å². The van der Waals surface area contributed by atoms with Crippen molar-refractivity contribution in [3.8, 4) is 0 Å². The number of hydrogen-bond acceptors (Lipinski definition) is 3. The number of rotatable bonds is 6. The molecule has 3 rings (SSSR count). The van der Waals surface area contributed by atoms with Crippen molar-refractivity contribution in [1.82, 2.24) is 4.90 Å². The molecule has 0 aromatic heterocycles. The maximum absolute atomic E-state index is 12.9. The second-order valence-corrected chi connectivity index (χ2v) is 6.67. The van der Waals surface area contributed by atoms with Gasteiger partial charge < -0.3 is 0 Å². The first-order chi connectivity index (χ1) is 13.0. The molecule has 0 fully saturated rings. The quantitative estimate of drug-likeness (QED) is 0.738. The van der Waals surface area contributed by atoms with E-state index in [0.29, 0.717) is 16.9 Å². The second-order valence-electron chi connectivity index (χ2n) is 6.67. The third-order valence-electron chi connectivity index (χ3n) is 4.94. The molecule has 0 saturated carbocycles. The molecule has 0 saturated heterocycles. The lowest BCUT2D eigenvalue weighted by molar-refractivity contribution is -0.133.